The largest absolute Gasteiger partial charge is 0.379 e. The van der Waals surface area contributed by atoms with Crippen molar-refractivity contribution >= 4 is 23.2 Å². The number of hydrogen-bond donors (Lipinski definition) is 2. The van der Waals surface area contributed by atoms with Crippen molar-refractivity contribution in [3.8, 4) is 0 Å². The fourth-order valence-corrected chi connectivity index (χ4v) is 4.16. The lowest BCUT2D eigenvalue weighted by Crippen LogP contribution is -2.45. The highest BCUT2D eigenvalue weighted by Crippen LogP contribution is 2.31. The first-order valence-electron chi connectivity index (χ1n) is 10.5. The molecular formula is C23H27FN4O3. The summed E-state index contributed by atoms with van der Waals surface area (Å²) in [5.74, 6) is -2.04. The van der Waals surface area contributed by atoms with Gasteiger partial charge in [0.05, 0.1) is 19.3 Å². The van der Waals surface area contributed by atoms with E-state index in [0.717, 1.165) is 31.6 Å². The summed E-state index contributed by atoms with van der Waals surface area (Å²) in [6.07, 6.45) is 0.998. The average molecular weight is 426 g/mol. The third-order valence-electron chi connectivity index (χ3n) is 5.85. The Bertz CT molecular complexity index is 962. The lowest BCUT2D eigenvalue weighted by atomic mass is 10.0. The van der Waals surface area contributed by atoms with Gasteiger partial charge in [-0.3, -0.25) is 14.5 Å². The van der Waals surface area contributed by atoms with Gasteiger partial charge in [0.1, 0.15) is 5.82 Å². The zero-order valence-electron chi connectivity index (χ0n) is 17.6. The number of nitrogens with zero attached hydrogens (tertiary/aromatic N) is 2. The minimum absolute atomic E-state index is 0.0639. The van der Waals surface area contributed by atoms with E-state index in [2.05, 4.69) is 45.7 Å². The maximum absolute atomic E-state index is 13.3. The van der Waals surface area contributed by atoms with Crippen LogP contribution in [0, 0.1) is 5.82 Å². The van der Waals surface area contributed by atoms with Crippen molar-refractivity contribution in [2.75, 3.05) is 56.7 Å². The number of likely N-dealkylation sites (N-methyl/N-ethyl adjacent to an activating group) is 1. The molecular weight excluding hydrogens is 399 g/mol. The second kappa shape index (κ2) is 9.45. The second-order valence-electron chi connectivity index (χ2n) is 7.90. The quantitative estimate of drug-likeness (QED) is 0.715. The smallest absolute Gasteiger partial charge is 0.313 e. The van der Waals surface area contributed by atoms with E-state index >= 15 is 0 Å². The van der Waals surface area contributed by atoms with E-state index in [-0.39, 0.29) is 11.7 Å². The van der Waals surface area contributed by atoms with Crippen molar-refractivity contribution in [2.45, 2.75) is 12.5 Å². The molecule has 2 heterocycles. The van der Waals surface area contributed by atoms with Crippen LogP contribution >= 0.6 is 0 Å². The van der Waals surface area contributed by atoms with Gasteiger partial charge in [-0.2, -0.15) is 0 Å². The van der Waals surface area contributed by atoms with Crippen LogP contribution in [0.15, 0.2) is 42.5 Å². The van der Waals surface area contributed by atoms with Crippen molar-refractivity contribution in [3.05, 3.63) is 59.4 Å². The number of nitrogens with one attached hydrogen (secondary N) is 2. The van der Waals surface area contributed by atoms with Crippen LogP contribution in [0.1, 0.15) is 17.2 Å². The van der Waals surface area contributed by atoms with E-state index < -0.39 is 17.6 Å². The Balaban J connectivity index is 1.45. The zero-order valence-corrected chi connectivity index (χ0v) is 17.6. The molecule has 1 fully saturated rings. The van der Waals surface area contributed by atoms with Crippen LogP contribution in [-0.2, 0) is 20.7 Å². The number of anilines is 2. The van der Waals surface area contributed by atoms with Crippen LogP contribution in [0.2, 0.25) is 0 Å². The first-order valence-corrected chi connectivity index (χ1v) is 10.5. The summed E-state index contributed by atoms with van der Waals surface area (Å²) in [4.78, 5) is 29.2. The fraction of sp³-hybridized carbons (Fsp3) is 0.391. The zero-order chi connectivity index (χ0) is 21.8. The average Bonchev–Trinajstić information content (AvgIpc) is 3.14. The Morgan fingerprint density at radius 1 is 1.10 bits per heavy atom. The van der Waals surface area contributed by atoms with Gasteiger partial charge in [-0.05, 0) is 41.8 Å². The van der Waals surface area contributed by atoms with Gasteiger partial charge >= 0.3 is 11.8 Å². The van der Waals surface area contributed by atoms with Gasteiger partial charge in [0.15, 0.2) is 0 Å². The summed E-state index contributed by atoms with van der Waals surface area (Å²) in [5.41, 5.74) is 3.89. The maximum atomic E-state index is 13.3. The number of fused-ring (bicyclic) bond motifs is 1. The summed E-state index contributed by atoms with van der Waals surface area (Å²) >= 11 is 0. The minimum atomic E-state index is -0.818. The van der Waals surface area contributed by atoms with E-state index in [4.69, 9.17) is 4.74 Å². The lowest BCUT2D eigenvalue weighted by Gasteiger charge is -2.35. The molecule has 0 spiro atoms. The molecule has 2 aromatic rings. The topological polar surface area (TPSA) is 73.9 Å². The van der Waals surface area contributed by atoms with Crippen LogP contribution in [0.25, 0.3) is 0 Å². The molecule has 164 valence electrons. The predicted octanol–water partition coefficient (Wildman–Crippen LogP) is 1.95. The van der Waals surface area contributed by atoms with Gasteiger partial charge in [0.25, 0.3) is 0 Å². The molecule has 7 nitrogen and oxygen atoms in total. The van der Waals surface area contributed by atoms with Gasteiger partial charge < -0.3 is 20.3 Å². The molecule has 0 bridgehead atoms. The summed E-state index contributed by atoms with van der Waals surface area (Å²) in [6.45, 7) is 4.08. The highest BCUT2D eigenvalue weighted by molar-refractivity contribution is 6.39. The molecule has 2 N–H and O–H groups in total. The Labute approximate surface area is 181 Å². The Morgan fingerprint density at radius 3 is 2.68 bits per heavy atom. The van der Waals surface area contributed by atoms with Gasteiger partial charge in [-0.25, -0.2) is 4.39 Å². The highest BCUT2D eigenvalue weighted by atomic mass is 19.1. The first-order chi connectivity index (χ1) is 15.0. The summed E-state index contributed by atoms with van der Waals surface area (Å²) in [7, 11) is 2.09. The van der Waals surface area contributed by atoms with Gasteiger partial charge in [0.2, 0.25) is 0 Å². The minimum Gasteiger partial charge on any atom is -0.379 e. The molecule has 2 aromatic carbocycles. The Hall–Kier alpha value is -2.97. The molecule has 0 aromatic heterocycles. The number of rotatable bonds is 5. The normalized spacial score (nSPS) is 17.2. The second-order valence-corrected chi connectivity index (χ2v) is 7.90. The van der Waals surface area contributed by atoms with Gasteiger partial charge in [-0.15, -0.1) is 0 Å². The molecule has 1 atom stereocenters. The Kier molecular flexibility index (Phi) is 6.48. The number of hydrogen-bond acceptors (Lipinski definition) is 5. The predicted molar refractivity (Wildman–Crippen MR) is 117 cm³/mol. The Morgan fingerprint density at radius 2 is 1.90 bits per heavy atom. The highest BCUT2D eigenvalue weighted by Gasteiger charge is 2.26. The van der Waals surface area contributed by atoms with E-state index in [9.17, 15) is 14.0 Å². The maximum Gasteiger partial charge on any atom is 0.313 e. The fourth-order valence-electron chi connectivity index (χ4n) is 4.16. The van der Waals surface area contributed by atoms with Crippen LogP contribution in [0.4, 0.5) is 15.8 Å². The van der Waals surface area contributed by atoms with Crippen molar-refractivity contribution in [3.63, 3.8) is 0 Å². The standard InChI is InChI=1S/C23H27FN4O3/c1-27-8-7-17-13-16(5-6-20(17)27)21(28-9-11-31-12-10-28)15-25-22(29)23(30)26-19-4-2-3-18(24)14-19/h2-6,13-14,21H,7-12,15H2,1H3,(H,25,29)(H,26,30)/t21-/m1/s1. The van der Waals surface area contributed by atoms with Crippen molar-refractivity contribution in [1.29, 1.82) is 0 Å². The van der Waals surface area contributed by atoms with Crippen molar-refractivity contribution < 1.29 is 18.7 Å². The van der Waals surface area contributed by atoms with E-state index in [1.807, 2.05) is 0 Å². The monoisotopic (exact) mass is 426 g/mol. The van der Waals surface area contributed by atoms with E-state index in [0.29, 0.717) is 19.8 Å². The summed E-state index contributed by atoms with van der Waals surface area (Å²) < 4.78 is 18.8. The van der Waals surface area contributed by atoms with E-state index in [1.54, 1.807) is 0 Å². The van der Waals surface area contributed by atoms with Crippen molar-refractivity contribution in [2.24, 2.45) is 0 Å². The molecule has 0 radical (unpaired) electrons. The molecule has 2 amide bonds. The van der Waals surface area contributed by atoms with E-state index in [1.165, 1.54) is 35.5 Å². The molecule has 31 heavy (non-hydrogen) atoms. The number of halogens is 1. The summed E-state index contributed by atoms with van der Waals surface area (Å²) in [6, 6.07) is 11.8. The van der Waals surface area contributed by atoms with Crippen LogP contribution in [0.3, 0.4) is 0 Å². The summed E-state index contributed by atoms with van der Waals surface area (Å²) in [5, 5.41) is 5.19. The third-order valence-corrected chi connectivity index (χ3v) is 5.85. The molecule has 4 rings (SSSR count). The molecule has 8 heteroatoms. The number of benzene rings is 2. The molecule has 0 aliphatic carbocycles. The number of carbonyl (C=O) groups is 2. The first kappa shape index (κ1) is 21.3. The van der Waals surface area contributed by atoms with Gasteiger partial charge in [0, 0.05) is 44.6 Å². The molecule has 2 aliphatic heterocycles. The van der Waals surface area contributed by atoms with Crippen LogP contribution in [0.5, 0.6) is 0 Å². The number of amides is 2. The van der Waals surface area contributed by atoms with Crippen LogP contribution in [-0.4, -0.2) is 63.2 Å². The SMILES string of the molecule is CN1CCc2cc([C@@H](CNC(=O)C(=O)Nc3cccc(F)c3)N3CCOCC3)ccc21. The lowest BCUT2D eigenvalue weighted by molar-refractivity contribution is -0.136. The molecule has 2 aliphatic rings. The molecule has 1 saturated heterocycles. The molecule has 0 unspecified atom stereocenters. The third kappa shape index (κ3) is 5.03. The van der Waals surface area contributed by atoms with Crippen LogP contribution < -0.4 is 15.5 Å². The molecule has 0 saturated carbocycles. The number of carbonyl (C=O) groups excluding carboxylic acids is 2. The number of morpholine rings is 1. The van der Waals surface area contributed by atoms with Gasteiger partial charge in [-0.1, -0.05) is 18.2 Å². The van der Waals surface area contributed by atoms with Crippen molar-refractivity contribution in [1.82, 2.24) is 10.2 Å². The number of ether oxygens (including phenoxy) is 1.